The molecule has 0 fully saturated rings. The molecule has 1 atom stereocenters. The molecule has 2 aromatic rings. The van der Waals surface area contributed by atoms with Gasteiger partial charge in [-0.05, 0) is 55.0 Å². The molecule has 2 rings (SSSR count). The van der Waals surface area contributed by atoms with Crippen LogP contribution in [0.25, 0.3) is 0 Å². The summed E-state index contributed by atoms with van der Waals surface area (Å²) < 4.78 is 0. The van der Waals surface area contributed by atoms with Crippen molar-refractivity contribution in [3.8, 4) is 0 Å². The van der Waals surface area contributed by atoms with Gasteiger partial charge in [-0.3, -0.25) is 0 Å². The van der Waals surface area contributed by atoms with Gasteiger partial charge < -0.3 is 5.73 Å². The first-order valence-corrected chi connectivity index (χ1v) is 6.94. The molecule has 2 aromatic carbocycles. The first kappa shape index (κ1) is 14.1. The van der Waals surface area contributed by atoms with E-state index in [1.54, 1.807) is 0 Å². The van der Waals surface area contributed by atoms with E-state index < -0.39 is 0 Å². The molecule has 0 bridgehead atoms. The van der Waals surface area contributed by atoms with Crippen molar-refractivity contribution in [3.05, 3.63) is 69.2 Å². The fourth-order valence-electron chi connectivity index (χ4n) is 2.46. The van der Waals surface area contributed by atoms with E-state index in [0.29, 0.717) is 0 Å². The number of rotatable bonds is 3. The minimum Gasteiger partial charge on any atom is -0.324 e. The second kappa shape index (κ2) is 5.77. The van der Waals surface area contributed by atoms with Gasteiger partial charge in [-0.15, -0.1) is 0 Å². The third-order valence-corrected chi connectivity index (χ3v) is 4.21. The fraction of sp³-hybridized carbons (Fsp3) is 0.294. The van der Waals surface area contributed by atoms with Crippen LogP contribution in [0.3, 0.4) is 0 Å². The molecule has 2 heteroatoms. The maximum atomic E-state index is 6.35. The van der Waals surface area contributed by atoms with Crippen LogP contribution in [0.1, 0.15) is 33.9 Å². The summed E-state index contributed by atoms with van der Waals surface area (Å²) in [4.78, 5) is 0. The smallest absolute Gasteiger partial charge is 0.0483 e. The zero-order valence-electron chi connectivity index (χ0n) is 11.7. The van der Waals surface area contributed by atoms with Gasteiger partial charge in [0.15, 0.2) is 0 Å². The summed E-state index contributed by atoms with van der Waals surface area (Å²) in [5.74, 6) is 0. The molecular weight excluding hydrogens is 254 g/mol. The molecule has 100 valence electrons. The number of benzene rings is 2. The van der Waals surface area contributed by atoms with E-state index >= 15 is 0 Å². The second-order valence-electron chi connectivity index (χ2n) is 5.16. The van der Waals surface area contributed by atoms with E-state index in [-0.39, 0.29) is 6.04 Å². The minimum absolute atomic E-state index is 0.0628. The summed E-state index contributed by atoms with van der Waals surface area (Å²) in [6.07, 6.45) is 0.821. The predicted molar refractivity (Wildman–Crippen MR) is 82.7 cm³/mol. The second-order valence-corrected chi connectivity index (χ2v) is 5.54. The maximum absolute atomic E-state index is 6.35. The van der Waals surface area contributed by atoms with Gasteiger partial charge in [0.05, 0.1) is 0 Å². The lowest BCUT2D eigenvalue weighted by atomic mass is 9.93. The van der Waals surface area contributed by atoms with Crippen LogP contribution in [-0.4, -0.2) is 0 Å². The molecule has 19 heavy (non-hydrogen) atoms. The molecule has 0 saturated heterocycles. The van der Waals surface area contributed by atoms with E-state index in [1.165, 1.54) is 16.7 Å². The molecule has 1 nitrogen and oxygen atoms in total. The molecule has 0 amide bonds. The van der Waals surface area contributed by atoms with Gasteiger partial charge in [-0.2, -0.15) is 0 Å². The van der Waals surface area contributed by atoms with Crippen LogP contribution >= 0.6 is 11.6 Å². The third-order valence-electron chi connectivity index (χ3n) is 3.69. The highest BCUT2D eigenvalue weighted by molar-refractivity contribution is 6.32. The van der Waals surface area contributed by atoms with Crippen LogP contribution in [0.2, 0.25) is 5.02 Å². The number of hydrogen-bond donors (Lipinski definition) is 1. The fourth-order valence-corrected chi connectivity index (χ4v) is 2.72. The molecule has 0 radical (unpaired) electrons. The van der Waals surface area contributed by atoms with Gasteiger partial charge in [0.25, 0.3) is 0 Å². The van der Waals surface area contributed by atoms with E-state index in [0.717, 1.165) is 22.6 Å². The average molecular weight is 274 g/mol. The number of nitrogens with two attached hydrogens (primary N) is 1. The summed E-state index contributed by atoms with van der Waals surface area (Å²) >= 11 is 6.35. The van der Waals surface area contributed by atoms with E-state index in [1.807, 2.05) is 25.1 Å². The maximum Gasteiger partial charge on any atom is 0.0483 e. The van der Waals surface area contributed by atoms with Crippen LogP contribution in [0.15, 0.2) is 36.4 Å². The molecule has 0 aliphatic rings. The lowest BCUT2D eigenvalue weighted by molar-refractivity contribution is 0.715. The van der Waals surface area contributed by atoms with Crippen molar-refractivity contribution in [1.82, 2.24) is 0 Å². The van der Waals surface area contributed by atoms with Crippen LogP contribution in [0.5, 0.6) is 0 Å². The molecule has 0 spiro atoms. The highest BCUT2D eigenvalue weighted by atomic mass is 35.5. The van der Waals surface area contributed by atoms with Gasteiger partial charge >= 0.3 is 0 Å². The van der Waals surface area contributed by atoms with Crippen molar-refractivity contribution < 1.29 is 0 Å². The Kier molecular flexibility index (Phi) is 4.28. The highest BCUT2D eigenvalue weighted by Crippen LogP contribution is 2.28. The lowest BCUT2D eigenvalue weighted by Crippen LogP contribution is -2.15. The quantitative estimate of drug-likeness (QED) is 0.875. The Balaban J connectivity index is 2.31. The first-order valence-electron chi connectivity index (χ1n) is 6.56. The van der Waals surface area contributed by atoms with Crippen LogP contribution < -0.4 is 5.73 Å². The standard InChI is InChI=1S/C17H20ClN/c1-11-6-4-7-12(2)15(11)10-16(19)14-9-5-8-13(3)17(14)18/h4-9,16H,10,19H2,1-3H3. The SMILES string of the molecule is Cc1cccc(C(N)Cc2c(C)cccc2C)c1Cl. The van der Waals surface area contributed by atoms with Gasteiger partial charge in [-0.1, -0.05) is 48.0 Å². The van der Waals surface area contributed by atoms with Gasteiger partial charge in [0.2, 0.25) is 0 Å². The largest absolute Gasteiger partial charge is 0.324 e. The summed E-state index contributed by atoms with van der Waals surface area (Å²) in [6.45, 7) is 6.28. The zero-order chi connectivity index (χ0) is 14.0. The van der Waals surface area contributed by atoms with Crippen LogP contribution in [0, 0.1) is 20.8 Å². The molecular formula is C17H20ClN. The van der Waals surface area contributed by atoms with Crippen molar-refractivity contribution in [2.75, 3.05) is 0 Å². The van der Waals surface area contributed by atoms with Crippen molar-refractivity contribution in [2.45, 2.75) is 33.2 Å². The summed E-state index contributed by atoms with van der Waals surface area (Å²) in [7, 11) is 0. The molecule has 1 unspecified atom stereocenters. The first-order chi connectivity index (χ1) is 9.00. The molecule has 2 N–H and O–H groups in total. The molecule has 0 aliphatic heterocycles. The number of aryl methyl sites for hydroxylation is 3. The Bertz CT molecular complexity index is 570. The molecule has 0 heterocycles. The Morgan fingerprint density at radius 2 is 1.47 bits per heavy atom. The lowest BCUT2D eigenvalue weighted by Gasteiger charge is -2.18. The Morgan fingerprint density at radius 3 is 2.11 bits per heavy atom. The van der Waals surface area contributed by atoms with Crippen molar-refractivity contribution in [1.29, 1.82) is 0 Å². The molecule has 0 aromatic heterocycles. The topological polar surface area (TPSA) is 26.0 Å². The zero-order valence-corrected chi connectivity index (χ0v) is 12.5. The summed E-state index contributed by atoms with van der Waals surface area (Å²) in [6, 6.07) is 12.3. The average Bonchev–Trinajstić information content (AvgIpc) is 2.37. The Morgan fingerprint density at radius 1 is 0.947 bits per heavy atom. The Labute approximate surface area is 120 Å². The van der Waals surface area contributed by atoms with Gasteiger partial charge in [-0.25, -0.2) is 0 Å². The number of hydrogen-bond acceptors (Lipinski definition) is 1. The van der Waals surface area contributed by atoms with Crippen molar-refractivity contribution in [3.63, 3.8) is 0 Å². The van der Waals surface area contributed by atoms with Crippen molar-refractivity contribution >= 4 is 11.6 Å². The summed E-state index contributed by atoms with van der Waals surface area (Å²) in [5.41, 5.74) is 12.4. The third kappa shape index (κ3) is 2.99. The van der Waals surface area contributed by atoms with E-state index in [9.17, 15) is 0 Å². The van der Waals surface area contributed by atoms with Gasteiger partial charge in [0.1, 0.15) is 0 Å². The van der Waals surface area contributed by atoms with E-state index in [4.69, 9.17) is 17.3 Å². The van der Waals surface area contributed by atoms with E-state index in [2.05, 4.69) is 32.0 Å². The normalized spacial score (nSPS) is 12.5. The molecule has 0 aliphatic carbocycles. The minimum atomic E-state index is -0.0628. The monoisotopic (exact) mass is 273 g/mol. The Hall–Kier alpha value is -1.31. The van der Waals surface area contributed by atoms with Crippen LogP contribution in [0.4, 0.5) is 0 Å². The van der Waals surface area contributed by atoms with Crippen molar-refractivity contribution in [2.24, 2.45) is 5.73 Å². The summed E-state index contributed by atoms with van der Waals surface area (Å²) in [5, 5.41) is 0.793. The van der Waals surface area contributed by atoms with Gasteiger partial charge in [0, 0.05) is 11.1 Å². The highest BCUT2D eigenvalue weighted by Gasteiger charge is 2.14. The van der Waals surface area contributed by atoms with Crippen LogP contribution in [-0.2, 0) is 6.42 Å². The predicted octanol–water partition coefficient (Wildman–Crippen LogP) is 4.51. The number of halogens is 1. The molecule has 0 saturated carbocycles.